The van der Waals surface area contributed by atoms with Gasteiger partial charge in [0, 0.05) is 19.8 Å². The molecule has 0 unspecified atom stereocenters. The van der Waals surface area contributed by atoms with Crippen molar-refractivity contribution in [2.75, 3.05) is 25.6 Å². The molecule has 9 nitrogen and oxygen atoms in total. The van der Waals surface area contributed by atoms with Crippen LogP contribution in [0.1, 0.15) is 6.42 Å². The van der Waals surface area contributed by atoms with E-state index in [1.165, 1.54) is 7.05 Å². The summed E-state index contributed by atoms with van der Waals surface area (Å²) in [6.07, 6.45) is 0.479. The Balaban J connectivity index is 4.47. The zero-order valence-electron chi connectivity index (χ0n) is 10.6. The van der Waals surface area contributed by atoms with Crippen LogP contribution in [0.3, 0.4) is 0 Å². The first kappa shape index (κ1) is 17.2. The molecule has 110 valence electrons. The van der Waals surface area contributed by atoms with E-state index in [4.69, 9.17) is 10.8 Å². The molecule has 0 aromatic carbocycles. The summed E-state index contributed by atoms with van der Waals surface area (Å²) in [4.78, 5) is 34.0. The Kier molecular flexibility index (Phi) is 6.25. The van der Waals surface area contributed by atoms with Crippen molar-refractivity contribution in [3.8, 4) is 0 Å². The van der Waals surface area contributed by atoms with Crippen LogP contribution in [-0.4, -0.2) is 68.0 Å². The van der Waals surface area contributed by atoms with E-state index in [0.717, 1.165) is 11.2 Å². The lowest BCUT2D eigenvalue weighted by Crippen LogP contribution is -2.49. The van der Waals surface area contributed by atoms with Crippen molar-refractivity contribution < 1.29 is 27.9 Å². The molecule has 0 fully saturated rings. The highest BCUT2D eigenvalue weighted by atomic mass is 32.2. The molecule has 0 heterocycles. The molecule has 0 bridgehead atoms. The van der Waals surface area contributed by atoms with Crippen molar-refractivity contribution in [3.63, 3.8) is 0 Å². The van der Waals surface area contributed by atoms with Gasteiger partial charge in [0.1, 0.15) is 15.9 Å². The number of carbonyl (C=O) groups excluding carboxylic acids is 2. The number of carboxylic acids is 1. The largest absolute Gasteiger partial charge is 0.480 e. The predicted molar refractivity (Wildman–Crippen MR) is 66.1 cm³/mol. The van der Waals surface area contributed by atoms with Gasteiger partial charge in [0.05, 0.1) is 12.2 Å². The van der Waals surface area contributed by atoms with Crippen LogP contribution in [0.15, 0.2) is 0 Å². The Morgan fingerprint density at radius 3 is 2.26 bits per heavy atom. The summed E-state index contributed by atoms with van der Waals surface area (Å²) in [7, 11) is -1.92. The van der Waals surface area contributed by atoms with Gasteiger partial charge in [-0.25, -0.2) is 18.0 Å². The summed E-state index contributed by atoms with van der Waals surface area (Å²) in [6, 6.07) is -2.23. The first-order valence-corrected chi connectivity index (χ1v) is 7.29. The van der Waals surface area contributed by atoms with Gasteiger partial charge in [-0.2, -0.15) is 0 Å². The third-order valence-corrected chi connectivity index (χ3v) is 3.07. The molecular formula is C9H17N3O6S. The van der Waals surface area contributed by atoms with E-state index in [-0.39, 0.29) is 12.3 Å². The minimum absolute atomic E-state index is 0.0897. The lowest BCUT2D eigenvalue weighted by atomic mass is 10.2. The fourth-order valence-electron chi connectivity index (χ4n) is 1.06. The van der Waals surface area contributed by atoms with Gasteiger partial charge in [-0.15, -0.1) is 0 Å². The molecule has 0 aliphatic carbocycles. The number of carboxylic acid groups (broad SMARTS) is 1. The number of nitrogens with two attached hydrogens (primary N) is 1. The average molecular weight is 295 g/mol. The molecule has 0 aromatic heterocycles. The van der Waals surface area contributed by atoms with E-state index >= 15 is 0 Å². The molecule has 0 rings (SSSR count). The smallest absolute Gasteiger partial charge is 0.326 e. The van der Waals surface area contributed by atoms with Crippen LogP contribution < -0.4 is 11.1 Å². The van der Waals surface area contributed by atoms with E-state index in [2.05, 4.69) is 5.32 Å². The third kappa shape index (κ3) is 7.97. The zero-order valence-corrected chi connectivity index (χ0v) is 11.4. The number of rotatable bonds is 7. The molecule has 0 saturated heterocycles. The van der Waals surface area contributed by atoms with Crippen molar-refractivity contribution >= 4 is 27.7 Å². The number of sulfone groups is 1. The van der Waals surface area contributed by atoms with E-state index in [0.29, 0.717) is 0 Å². The summed E-state index contributed by atoms with van der Waals surface area (Å²) in [6.45, 7) is -0.0897. The first-order valence-electron chi connectivity index (χ1n) is 5.23. The molecule has 0 saturated carbocycles. The number of carbonyl (C=O) groups is 3. The van der Waals surface area contributed by atoms with Gasteiger partial charge in [-0.3, -0.25) is 4.79 Å². The van der Waals surface area contributed by atoms with Gasteiger partial charge < -0.3 is 21.1 Å². The molecule has 0 aliphatic heterocycles. The molecular weight excluding hydrogens is 278 g/mol. The molecule has 3 amide bonds. The van der Waals surface area contributed by atoms with Crippen LogP contribution in [-0.2, 0) is 19.4 Å². The number of primary amides is 1. The number of urea groups is 1. The Morgan fingerprint density at radius 1 is 1.37 bits per heavy atom. The molecule has 0 aromatic rings. The van der Waals surface area contributed by atoms with Gasteiger partial charge in [-0.1, -0.05) is 0 Å². The van der Waals surface area contributed by atoms with Crippen LogP contribution in [0, 0.1) is 0 Å². The van der Waals surface area contributed by atoms with E-state index < -0.39 is 40.2 Å². The van der Waals surface area contributed by atoms with Crippen molar-refractivity contribution in [1.82, 2.24) is 10.2 Å². The van der Waals surface area contributed by atoms with E-state index in [1.54, 1.807) is 0 Å². The maximum atomic E-state index is 11.6. The zero-order chi connectivity index (χ0) is 15.2. The molecule has 1 atom stereocenters. The monoisotopic (exact) mass is 295 g/mol. The molecule has 0 radical (unpaired) electrons. The first-order chi connectivity index (χ1) is 8.53. The van der Waals surface area contributed by atoms with Crippen LogP contribution in [0.4, 0.5) is 4.79 Å². The Labute approximate surface area is 110 Å². The van der Waals surface area contributed by atoms with Crippen molar-refractivity contribution in [1.29, 1.82) is 0 Å². The predicted octanol–water partition coefficient (Wildman–Crippen LogP) is -2.00. The number of hydrogen-bond acceptors (Lipinski definition) is 5. The standard InChI is InChI=1S/C9H17N3O6S/c1-12(3-4-19(2,17)18)9(16)11-6(8(14)15)5-7(10)13/h6H,3-5H2,1-2H3,(H2,10,13)(H,11,16)(H,14,15)/t6-/m0/s1. The number of nitrogens with one attached hydrogen (secondary N) is 1. The second-order valence-corrected chi connectivity index (χ2v) is 6.32. The second-order valence-electron chi connectivity index (χ2n) is 4.06. The second kappa shape index (κ2) is 6.92. The molecule has 10 heteroatoms. The van der Waals surface area contributed by atoms with Crippen LogP contribution in [0.5, 0.6) is 0 Å². The minimum Gasteiger partial charge on any atom is -0.480 e. The van der Waals surface area contributed by atoms with Gasteiger partial charge in [-0.05, 0) is 0 Å². The number of amides is 3. The van der Waals surface area contributed by atoms with Crippen LogP contribution in [0.25, 0.3) is 0 Å². The summed E-state index contributed by atoms with van der Waals surface area (Å²) >= 11 is 0. The summed E-state index contributed by atoms with van der Waals surface area (Å²) in [5, 5.41) is 10.9. The van der Waals surface area contributed by atoms with Crippen LogP contribution >= 0.6 is 0 Å². The fourth-order valence-corrected chi connectivity index (χ4v) is 1.67. The number of aliphatic carboxylic acids is 1. The Hall–Kier alpha value is -1.84. The summed E-state index contributed by atoms with van der Waals surface area (Å²) < 4.78 is 21.8. The van der Waals surface area contributed by atoms with Crippen LogP contribution in [0.2, 0.25) is 0 Å². The maximum absolute atomic E-state index is 11.6. The van der Waals surface area contributed by atoms with Gasteiger partial charge >= 0.3 is 12.0 Å². The average Bonchev–Trinajstić information content (AvgIpc) is 2.22. The highest BCUT2D eigenvalue weighted by molar-refractivity contribution is 7.90. The summed E-state index contributed by atoms with van der Waals surface area (Å²) in [5.41, 5.74) is 4.85. The Morgan fingerprint density at radius 2 is 1.89 bits per heavy atom. The number of nitrogens with zero attached hydrogens (tertiary/aromatic N) is 1. The fraction of sp³-hybridized carbons (Fsp3) is 0.667. The molecule has 0 spiro atoms. The van der Waals surface area contributed by atoms with Gasteiger partial charge in [0.2, 0.25) is 5.91 Å². The van der Waals surface area contributed by atoms with Gasteiger partial charge in [0.25, 0.3) is 0 Å². The molecule has 19 heavy (non-hydrogen) atoms. The molecule has 4 N–H and O–H groups in total. The van der Waals surface area contributed by atoms with E-state index in [1.807, 2.05) is 0 Å². The van der Waals surface area contributed by atoms with Crippen molar-refractivity contribution in [2.24, 2.45) is 5.73 Å². The topological polar surface area (TPSA) is 147 Å². The highest BCUT2D eigenvalue weighted by Crippen LogP contribution is 1.95. The summed E-state index contributed by atoms with van der Waals surface area (Å²) in [5.74, 6) is -2.51. The lowest BCUT2D eigenvalue weighted by molar-refractivity contribution is -0.140. The van der Waals surface area contributed by atoms with E-state index in [9.17, 15) is 22.8 Å². The van der Waals surface area contributed by atoms with Crippen molar-refractivity contribution in [3.05, 3.63) is 0 Å². The maximum Gasteiger partial charge on any atom is 0.326 e. The quantitative estimate of drug-likeness (QED) is 0.495. The minimum atomic E-state index is -3.23. The molecule has 0 aliphatic rings. The number of hydrogen-bond donors (Lipinski definition) is 3. The lowest BCUT2D eigenvalue weighted by Gasteiger charge is -2.20. The van der Waals surface area contributed by atoms with Crippen molar-refractivity contribution in [2.45, 2.75) is 12.5 Å². The normalized spacial score (nSPS) is 12.5. The third-order valence-electron chi connectivity index (χ3n) is 2.15. The van der Waals surface area contributed by atoms with Gasteiger partial charge in [0.15, 0.2) is 0 Å². The Bertz CT molecular complexity index is 461. The SMILES string of the molecule is CN(CCS(C)(=O)=O)C(=O)N[C@@H](CC(N)=O)C(=O)O. The highest BCUT2D eigenvalue weighted by Gasteiger charge is 2.23.